The van der Waals surface area contributed by atoms with Crippen LogP contribution in [0.3, 0.4) is 0 Å². The molecule has 0 spiro atoms. The molecule has 8 heavy (non-hydrogen) atoms. The van der Waals surface area contributed by atoms with Crippen LogP contribution in [0.15, 0.2) is 0 Å². The highest BCUT2D eigenvalue weighted by molar-refractivity contribution is 7.83. The van der Waals surface area contributed by atoms with E-state index < -0.39 is 0 Å². The van der Waals surface area contributed by atoms with E-state index in [4.69, 9.17) is 0 Å². The summed E-state index contributed by atoms with van der Waals surface area (Å²) >= 11 is 0. The van der Waals surface area contributed by atoms with Crippen LogP contribution in [-0.4, -0.2) is 41.2 Å². The van der Waals surface area contributed by atoms with Gasteiger partial charge in [-0.2, -0.15) is 0 Å². The van der Waals surface area contributed by atoms with Gasteiger partial charge in [0, 0.05) is 41.2 Å². The molecule has 0 aliphatic carbocycles. The van der Waals surface area contributed by atoms with Crippen molar-refractivity contribution in [3.05, 3.63) is 0 Å². The van der Waals surface area contributed by atoms with Gasteiger partial charge in [-0.1, -0.05) is 0 Å². The predicted octanol–water partition coefficient (Wildman–Crippen LogP) is -1.12. The summed E-state index contributed by atoms with van der Waals surface area (Å²) in [5.74, 6) is 0. The molecule has 1 fully saturated rings. The molecule has 1 aliphatic rings. The molecule has 32 valence electrons. The molecule has 0 aromatic rings. The highest BCUT2D eigenvalue weighted by Gasteiger charge is 2.19. The van der Waals surface area contributed by atoms with E-state index in [1.165, 1.54) is 0 Å². The van der Waals surface area contributed by atoms with Crippen molar-refractivity contribution < 1.29 is 0 Å². The second-order valence-electron chi connectivity index (χ2n) is 2.49. The summed E-state index contributed by atoms with van der Waals surface area (Å²) in [6.45, 7) is 5.77. The van der Waals surface area contributed by atoms with Crippen molar-refractivity contribution in [3.63, 3.8) is 0 Å². The summed E-state index contributed by atoms with van der Waals surface area (Å²) in [4.78, 5) is 0. The quantitative estimate of drug-likeness (QED) is 0.334. The zero-order chi connectivity index (χ0) is 5.98. The van der Waals surface area contributed by atoms with Crippen molar-refractivity contribution in [2.75, 3.05) is 0 Å². The van der Waals surface area contributed by atoms with E-state index in [0.717, 1.165) is 0 Å². The smallest absolute Gasteiger partial charge is 0.0421 e. The van der Waals surface area contributed by atoms with Gasteiger partial charge in [-0.15, -0.1) is 13.6 Å². The van der Waals surface area contributed by atoms with Gasteiger partial charge in [0.05, 0.1) is 0 Å². The number of hydrogen-bond donors (Lipinski definition) is 0. The first-order valence-electron chi connectivity index (χ1n) is 3.15. The highest BCUT2D eigenvalue weighted by Crippen LogP contribution is 1.87. The zero-order valence-electron chi connectivity index (χ0n) is 5.46. The van der Waals surface area contributed by atoms with Crippen LogP contribution in [0.5, 0.6) is 0 Å². The van der Waals surface area contributed by atoms with E-state index in [1.807, 2.05) is 0 Å². The van der Waals surface area contributed by atoms with Crippen LogP contribution in [0.4, 0.5) is 0 Å². The summed E-state index contributed by atoms with van der Waals surface area (Å²) in [5, 5.41) is 0. The molecule has 0 bridgehead atoms. The minimum absolute atomic E-state index is 0.676. The fourth-order valence-corrected chi connectivity index (χ4v) is 1.02. The largest absolute Gasteiger partial charge is 0.101 e. The van der Waals surface area contributed by atoms with E-state index in [1.54, 1.807) is 0 Å². The van der Waals surface area contributed by atoms with E-state index in [-0.39, 0.29) is 0 Å². The summed E-state index contributed by atoms with van der Waals surface area (Å²) in [7, 11) is 8.90. The second kappa shape index (κ2) is 2.79. The Morgan fingerprint density at radius 3 is 1.75 bits per heavy atom. The minimum atomic E-state index is 0.676. The molecule has 0 atom stereocenters. The SMILES string of the molecule is CB1[B][B][B]B(C)[B]1. The molecule has 0 saturated carbocycles. The van der Waals surface area contributed by atoms with Crippen molar-refractivity contribution in [3.8, 4) is 0 Å². The van der Waals surface area contributed by atoms with Gasteiger partial charge < -0.3 is 0 Å². The van der Waals surface area contributed by atoms with Crippen LogP contribution in [0.25, 0.3) is 0 Å². The van der Waals surface area contributed by atoms with E-state index in [0.29, 0.717) is 13.0 Å². The van der Waals surface area contributed by atoms with Crippen LogP contribution in [0.2, 0.25) is 13.6 Å². The fourth-order valence-electron chi connectivity index (χ4n) is 1.02. The standard InChI is InChI=1S/C2H6B6/c1-7-4-3-5-8(2)6-7/h1-2H3. The van der Waals surface area contributed by atoms with Crippen molar-refractivity contribution in [2.45, 2.75) is 13.6 Å². The first-order valence-corrected chi connectivity index (χ1v) is 3.15. The van der Waals surface area contributed by atoms with Gasteiger partial charge in [0.25, 0.3) is 0 Å². The lowest BCUT2D eigenvalue weighted by molar-refractivity contribution is 2.30. The van der Waals surface area contributed by atoms with Gasteiger partial charge >= 0.3 is 0 Å². The van der Waals surface area contributed by atoms with Gasteiger partial charge in [0.15, 0.2) is 0 Å². The average molecular weight is 94.9 g/mol. The van der Waals surface area contributed by atoms with Crippen molar-refractivity contribution in [1.29, 1.82) is 0 Å². The average Bonchev–Trinajstić information content (AvgIpc) is 1.64. The molecule has 4 radical (unpaired) electrons. The van der Waals surface area contributed by atoms with E-state index >= 15 is 0 Å². The van der Waals surface area contributed by atoms with Crippen LogP contribution < -0.4 is 0 Å². The first-order chi connectivity index (χ1) is 3.79. The molecular weight excluding hydrogens is 88.9 g/mol. The molecule has 6 heteroatoms. The molecule has 1 heterocycles. The van der Waals surface area contributed by atoms with Crippen LogP contribution >= 0.6 is 0 Å². The van der Waals surface area contributed by atoms with Crippen LogP contribution in [-0.2, 0) is 0 Å². The van der Waals surface area contributed by atoms with Crippen molar-refractivity contribution in [1.82, 2.24) is 0 Å². The van der Waals surface area contributed by atoms with E-state index in [9.17, 15) is 0 Å². The van der Waals surface area contributed by atoms with Crippen LogP contribution in [0, 0.1) is 0 Å². The summed E-state index contributed by atoms with van der Waals surface area (Å²) in [5.41, 5.74) is 0. The Morgan fingerprint density at radius 2 is 1.50 bits per heavy atom. The maximum absolute atomic E-state index is 2.33. The molecule has 0 aromatic heterocycles. The van der Waals surface area contributed by atoms with Gasteiger partial charge in [-0.25, -0.2) is 0 Å². The fraction of sp³-hybridized carbons (Fsp3) is 1.00. The topological polar surface area (TPSA) is 0 Å². The molecule has 0 N–H and O–H groups in total. The van der Waals surface area contributed by atoms with Crippen LogP contribution in [0.1, 0.15) is 0 Å². The third kappa shape index (κ3) is 1.72. The van der Waals surface area contributed by atoms with Crippen molar-refractivity contribution in [2.24, 2.45) is 0 Å². The molecule has 0 aromatic carbocycles. The first kappa shape index (κ1) is 6.51. The molecule has 0 amide bonds. The van der Waals surface area contributed by atoms with E-state index in [2.05, 4.69) is 41.9 Å². The third-order valence-corrected chi connectivity index (χ3v) is 1.44. The second-order valence-corrected chi connectivity index (χ2v) is 2.49. The predicted molar refractivity (Wildman–Crippen MR) is 46.3 cm³/mol. The molecule has 0 unspecified atom stereocenters. The van der Waals surface area contributed by atoms with Gasteiger partial charge in [0.2, 0.25) is 0 Å². The highest BCUT2D eigenvalue weighted by atomic mass is 13.2. The third-order valence-electron chi connectivity index (χ3n) is 1.44. The Kier molecular flexibility index (Phi) is 2.27. The Bertz CT molecular complexity index is 64.9. The summed E-state index contributed by atoms with van der Waals surface area (Å²) < 4.78 is 0. The maximum atomic E-state index is 2.33. The maximum Gasteiger partial charge on any atom is 0.0421 e. The molecular formula is C2H6B6. The van der Waals surface area contributed by atoms with Crippen molar-refractivity contribution >= 4 is 41.2 Å². The Labute approximate surface area is 55.6 Å². The molecule has 1 rings (SSSR count). The Hall–Kier alpha value is 0.390. The Balaban J connectivity index is 2.23. The lowest BCUT2D eigenvalue weighted by Gasteiger charge is -2.16. The van der Waals surface area contributed by atoms with Gasteiger partial charge in [0.1, 0.15) is 0 Å². The molecule has 1 aliphatic heterocycles. The minimum Gasteiger partial charge on any atom is -0.101 e. The van der Waals surface area contributed by atoms with Gasteiger partial charge in [-0.3, -0.25) is 0 Å². The summed E-state index contributed by atoms with van der Waals surface area (Å²) in [6, 6.07) is 0. The number of hydrogen-bond acceptors (Lipinski definition) is 0. The lowest BCUT2D eigenvalue weighted by atomic mass is 8.70. The summed E-state index contributed by atoms with van der Waals surface area (Å²) in [6.07, 6.45) is 0. The van der Waals surface area contributed by atoms with Gasteiger partial charge in [-0.05, 0) is 0 Å². The molecule has 1 saturated heterocycles. The monoisotopic (exact) mass is 96.1 g/mol. The number of rotatable bonds is 0. The lowest BCUT2D eigenvalue weighted by Crippen LogP contribution is -2.52. The molecule has 0 nitrogen and oxygen atoms in total. The normalized spacial score (nSPS) is 17.8. The zero-order valence-corrected chi connectivity index (χ0v) is 5.46. The Morgan fingerprint density at radius 1 is 1.00 bits per heavy atom.